The van der Waals surface area contributed by atoms with Crippen molar-refractivity contribution in [3.63, 3.8) is 0 Å². The van der Waals surface area contributed by atoms with Gasteiger partial charge in [-0.1, -0.05) is 33.1 Å². The molecule has 0 bridgehead atoms. The lowest BCUT2D eigenvalue weighted by atomic mass is 9.88. The van der Waals surface area contributed by atoms with Gasteiger partial charge in [0.1, 0.15) is 5.82 Å². The zero-order valence-electron chi connectivity index (χ0n) is 14.8. The van der Waals surface area contributed by atoms with Gasteiger partial charge >= 0.3 is 0 Å². The molecule has 1 aliphatic carbocycles. The summed E-state index contributed by atoms with van der Waals surface area (Å²) < 4.78 is 14.1. The highest BCUT2D eigenvalue weighted by Gasteiger charge is 2.24. The van der Waals surface area contributed by atoms with E-state index < -0.39 is 5.91 Å². The van der Waals surface area contributed by atoms with Crippen molar-refractivity contribution < 1.29 is 14.4 Å². The molecule has 1 amide bonds. The van der Waals surface area contributed by atoms with Gasteiger partial charge < -0.3 is 0 Å². The van der Waals surface area contributed by atoms with E-state index in [1.165, 1.54) is 38.2 Å². The maximum atomic E-state index is 14.1. The first-order valence-corrected chi connectivity index (χ1v) is 9.15. The molecule has 1 aromatic rings. The molecule has 1 aliphatic heterocycles. The predicted octanol–water partition coefficient (Wildman–Crippen LogP) is 3.91. The minimum Gasteiger partial charge on any atom is -0.298 e. The Morgan fingerprint density at radius 1 is 1.29 bits per heavy atom. The van der Waals surface area contributed by atoms with Crippen molar-refractivity contribution in [2.75, 3.05) is 13.1 Å². The van der Waals surface area contributed by atoms with E-state index in [0.29, 0.717) is 13.0 Å². The van der Waals surface area contributed by atoms with Crippen LogP contribution in [0.2, 0.25) is 0 Å². The average molecular weight is 336 g/mol. The van der Waals surface area contributed by atoms with Crippen LogP contribution in [0.25, 0.3) is 0 Å². The lowest BCUT2D eigenvalue weighted by Gasteiger charge is -2.33. The molecule has 0 aromatic heterocycles. The van der Waals surface area contributed by atoms with Crippen molar-refractivity contribution in [2.45, 2.75) is 58.9 Å². The normalized spacial score (nSPS) is 18.3. The molecule has 4 nitrogen and oxygen atoms in total. The highest BCUT2D eigenvalue weighted by atomic mass is 19.1. The number of nitrogens with zero attached hydrogens (tertiary/aromatic N) is 1. The Bertz CT molecular complexity index is 557. The Balaban J connectivity index is 0.00000100. The Hall–Kier alpha value is -1.46. The van der Waals surface area contributed by atoms with Gasteiger partial charge in [-0.05, 0) is 48.4 Å². The Labute approximate surface area is 144 Å². The third-order valence-corrected chi connectivity index (χ3v) is 4.96. The summed E-state index contributed by atoms with van der Waals surface area (Å²) in [5.74, 6) is -0.247. The van der Waals surface area contributed by atoms with E-state index >= 15 is 0 Å². The van der Waals surface area contributed by atoms with Gasteiger partial charge in [0.05, 0.1) is 0 Å². The van der Waals surface area contributed by atoms with Crippen LogP contribution in [0, 0.1) is 11.7 Å². The first-order valence-electron chi connectivity index (χ1n) is 9.15. The zero-order valence-corrected chi connectivity index (χ0v) is 14.8. The van der Waals surface area contributed by atoms with E-state index in [1.807, 2.05) is 13.8 Å². The fourth-order valence-corrected chi connectivity index (χ4v) is 3.79. The topological polar surface area (TPSA) is 52.6 Å². The van der Waals surface area contributed by atoms with Crippen molar-refractivity contribution in [3.8, 4) is 0 Å². The number of halogens is 1. The van der Waals surface area contributed by atoms with Gasteiger partial charge in [0.15, 0.2) is 0 Å². The van der Waals surface area contributed by atoms with Gasteiger partial charge in [-0.2, -0.15) is 0 Å². The monoisotopic (exact) mass is 336 g/mol. The minimum absolute atomic E-state index is 0.179. The molecule has 134 valence electrons. The highest BCUT2D eigenvalue weighted by molar-refractivity contribution is 5.93. The largest absolute Gasteiger partial charge is 0.298 e. The molecule has 0 saturated heterocycles. The maximum absolute atomic E-state index is 14.1. The summed E-state index contributed by atoms with van der Waals surface area (Å²) in [6.07, 6.45) is 7.28. The van der Waals surface area contributed by atoms with Crippen LogP contribution in [0.3, 0.4) is 0 Å². The van der Waals surface area contributed by atoms with Gasteiger partial charge in [0, 0.05) is 25.2 Å². The van der Waals surface area contributed by atoms with Crippen molar-refractivity contribution in [1.82, 2.24) is 10.4 Å². The molecule has 5 heteroatoms. The number of carbonyl (C=O) groups excluding carboxylic acids is 1. The summed E-state index contributed by atoms with van der Waals surface area (Å²) in [5, 5.41) is 8.72. The molecular formula is C19H29FN2O2. The zero-order chi connectivity index (χ0) is 17.5. The fraction of sp³-hybridized carbons (Fsp3) is 0.632. The molecule has 2 N–H and O–H groups in total. The standard InChI is InChI=1S/C17H23FN2O2.C2H6/c18-16-9-13(17(21)19-22)8-14-11-20(7-6-15(14)16)10-12-4-2-1-3-5-12;1-2/h8-9,12,22H,1-7,10-11H2,(H,19,21);1-2H3. The van der Waals surface area contributed by atoms with Crippen LogP contribution in [0.1, 0.15) is 67.4 Å². The summed E-state index contributed by atoms with van der Waals surface area (Å²) in [7, 11) is 0. The molecule has 0 unspecified atom stereocenters. The van der Waals surface area contributed by atoms with Crippen LogP contribution in [0.5, 0.6) is 0 Å². The van der Waals surface area contributed by atoms with Gasteiger partial charge in [-0.25, -0.2) is 9.87 Å². The number of benzene rings is 1. The molecule has 1 saturated carbocycles. The van der Waals surface area contributed by atoms with Crippen LogP contribution in [-0.2, 0) is 13.0 Å². The summed E-state index contributed by atoms with van der Waals surface area (Å²) >= 11 is 0. The molecule has 3 rings (SSSR count). The first-order chi connectivity index (χ1) is 11.7. The van der Waals surface area contributed by atoms with E-state index in [9.17, 15) is 9.18 Å². The van der Waals surface area contributed by atoms with Gasteiger partial charge in [0.2, 0.25) is 0 Å². The molecule has 1 fully saturated rings. The minimum atomic E-state index is -0.661. The molecule has 0 atom stereocenters. The number of nitrogens with one attached hydrogen (secondary N) is 1. The molecule has 0 spiro atoms. The summed E-state index contributed by atoms with van der Waals surface area (Å²) in [6.45, 7) is 6.64. The highest BCUT2D eigenvalue weighted by Crippen LogP contribution is 2.28. The third-order valence-electron chi connectivity index (χ3n) is 4.96. The van der Waals surface area contributed by atoms with Crippen LogP contribution in [0.4, 0.5) is 4.39 Å². The number of hydrogen-bond donors (Lipinski definition) is 2. The van der Waals surface area contributed by atoms with E-state index in [2.05, 4.69) is 4.90 Å². The van der Waals surface area contributed by atoms with Gasteiger partial charge in [-0.3, -0.25) is 14.9 Å². The Kier molecular flexibility index (Phi) is 7.18. The molecule has 24 heavy (non-hydrogen) atoms. The van der Waals surface area contributed by atoms with Crippen LogP contribution in [0.15, 0.2) is 12.1 Å². The third kappa shape index (κ3) is 4.54. The van der Waals surface area contributed by atoms with Gasteiger partial charge in [0.25, 0.3) is 5.91 Å². The average Bonchev–Trinajstić information content (AvgIpc) is 2.63. The Morgan fingerprint density at radius 2 is 2.00 bits per heavy atom. The van der Waals surface area contributed by atoms with E-state index in [1.54, 1.807) is 11.5 Å². The maximum Gasteiger partial charge on any atom is 0.274 e. The number of amides is 1. The van der Waals surface area contributed by atoms with Crippen LogP contribution in [-0.4, -0.2) is 29.1 Å². The lowest BCUT2D eigenvalue weighted by Crippen LogP contribution is -2.36. The van der Waals surface area contributed by atoms with Crippen molar-refractivity contribution in [1.29, 1.82) is 0 Å². The van der Waals surface area contributed by atoms with E-state index in [4.69, 9.17) is 5.21 Å². The summed E-state index contributed by atoms with van der Waals surface area (Å²) in [5.41, 5.74) is 3.34. The molecule has 1 aromatic carbocycles. The summed E-state index contributed by atoms with van der Waals surface area (Å²) in [6, 6.07) is 2.91. The summed E-state index contributed by atoms with van der Waals surface area (Å²) in [4.78, 5) is 13.9. The second-order valence-corrected chi connectivity index (χ2v) is 6.53. The van der Waals surface area contributed by atoms with Crippen molar-refractivity contribution in [3.05, 3.63) is 34.6 Å². The number of hydrogen-bond acceptors (Lipinski definition) is 3. The molecule has 0 radical (unpaired) electrons. The lowest BCUT2D eigenvalue weighted by molar-refractivity contribution is 0.0705. The smallest absolute Gasteiger partial charge is 0.274 e. The Morgan fingerprint density at radius 3 is 2.67 bits per heavy atom. The van der Waals surface area contributed by atoms with Crippen LogP contribution >= 0.6 is 0 Å². The molecule has 1 heterocycles. The SMILES string of the molecule is CC.O=C(NO)c1cc(F)c2c(c1)CN(CC1CCCCC1)CC2. The predicted molar refractivity (Wildman–Crippen MR) is 92.6 cm³/mol. The van der Waals surface area contributed by atoms with E-state index in [0.717, 1.165) is 30.1 Å². The number of rotatable bonds is 3. The first kappa shape index (κ1) is 18.9. The number of fused-ring (bicyclic) bond motifs is 1. The van der Waals surface area contributed by atoms with Crippen LogP contribution < -0.4 is 5.48 Å². The molecular weight excluding hydrogens is 307 g/mol. The van der Waals surface area contributed by atoms with Crippen molar-refractivity contribution in [2.24, 2.45) is 5.92 Å². The quantitative estimate of drug-likeness (QED) is 0.650. The van der Waals surface area contributed by atoms with Gasteiger partial charge in [-0.15, -0.1) is 0 Å². The van der Waals surface area contributed by atoms with Crippen molar-refractivity contribution >= 4 is 5.91 Å². The number of hydroxylamine groups is 1. The second kappa shape index (κ2) is 9.14. The fourth-order valence-electron chi connectivity index (χ4n) is 3.79. The van der Waals surface area contributed by atoms with E-state index in [-0.39, 0.29) is 11.4 Å². The number of carbonyl (C=O) groups is 1. The molecule has 2 aliphatic rings. The second-order valence-electron chi connectivity index (χ2n) is 6.53.